The number of rotatable bonds is 4. The van der Waals surface area contributed by atoms with Gasteiger partial charge in [-0.05, 0) is 19.1 Å². The summed E-state index contributed by atoms with van der Waals surface area (Å²) in [5.41, 5.74) is 0.770. The van der Waals surface area contributed by atoms with Crippen LogP contribution in [0.1, 0.15) is 17.3 Å². The van der Waals surface area contributed by atoms with Gasteiger partial charge in [0, 0.05) is 18.8 Å². The summed E-state index contributed by atoms with van der Waals surface area (Å²) in [6.45, 7) is 2.68. The zero-order valence-electron chi connectivity index (χ0n) is 10.8. The zero-order chi connectivity index (χ0) is 13.8. The van der Waals surface area contributed by atoms with Gasteiger partial charge in [-0.1, -0.05) is 0 Å². The lowest BCUT2D eigenvalue weighted by atomic mass is 10.2. The molecule has 0 saturated carbocycles. The number of hydrogen-bond donors (Lipinski definition) is 2. The zero-order valence-corrected chi connectivity index (χ0v) is 10.8. The Morgan fingerprint density at radius 2 is 2.32 bits per heavy atom. The summed E-state index contributed by atoms with van der Waals surface area (Å²) in [5, 5.41) is 16.5. The number of methoxy groups -OCH3 is 1. The molecule has 1 heterocycles. The molecule has 2 aromatic rings. The van der Waals surface area contributed by atoms with Crippen LogP contribution in [0.2, 0.25) is 0 Å². The Hall–Kier alpha value is -2.50. The summed E-state index contributed by atoms with van der Waals surface area (Å²) in [7, 11) is 1.49. The Bertz CT molecular complexity index is 593. The summed E-state index contributed by atoms with van der Waals surface area (Å²) in [4.78, 5) is 12.0. The van der Waals surface area contributed by atoms with Crippen LogP contribution in [0.5, 0.6) is 11.5 Å². The first-order chi connectivity index (χ1) is 9.13. The van der Waals surface area contributed by atoms with Crippen molar-refractivity contribution in [3.63, 3.8) is 0 Å². The van der Waals surface area contributed by atoms with Crippen LogP contribution < -0.4 is 10.1 Å². The van der Waals surface area contributed by atoms with Gasteiger partial charge in [-0.25, -0.2) is 0 Å². The number of phenols is 1. The first kappa shape index (κ1) is 12.9. The van der Waals surface area contributed by atoms with Crippen LogP contribution in [-0.2, 0) is 6.54 Å². The molecule has 0 aliphatic heterocycles. The van der Waals surface area contributed by atoms with E-state index in [0.29, 0.717) is 11.4 Å². The summed E-state index contributed by atoms with van der Waals surface area (Å²) >= 11 is 0. The summed E-state index contributed by atoms with van der Waals surface area (Å²) in [5.74, 6) is -0.0246. The van der Waals surface area contributed by atoms with Gasteiger partial charge in [-0.2, -0.15) is 5.10 Å². The smallest absolute Gasteiger partial charge is 0.259 e. The number of amides is 1. The van der Waals surface area contributed by atoms with E-state index in [2.05, 4.69) is 10.4 Å². The highest BCUT2D eigenvalue weighted by atomic mass is 16.5. The molecular weight excluding hydrogens is 246 g/mol. The van der Waals surface area contributed by atoms with E-state index in [1.54, 1.807) is 23.1 Å². The van der Waals surface area contributed by atoms with E-state index in [0.717, 1.165) is 6.54 Å². The molecule has 1 amide bonds. The van der Waals surface area contributed by atoms with Crippen molar-refractivity contribution < 1.29 is 14.6 Å². The molecule has 0 spiro atoms. The lowest BCUT2D eigenvalue weighted by molar-refractivity contribution is 0.102. The Balaban J connectivity index is 2.15. The highest BCUT2D eigenvalue weighted by molar-refractivity contribution is 6.06. The fourth-order valence-corrected chi connectivity index (χ4v) is 1.63. The third-order valence-electron chi connectivity index (χ3n) is 2.66. The average Bonchev–Trinajstić information content (AvgIpc) is 2.86. The molecule has 1 aromatic carbocycles. The van der Waals surface area contributed by atoms with Crippen molar-refractivity contribution in [3.8, 4) is 11.5 Å². The van der Waals surface area contributed by atoms with Crippen molar-refractivity contribution in [1.82, 2.24) is 9.78 Å². The molecule has 100 valence electrons. The van der Waals surface area contributed by atoms with Crippen molar-refractivity contribution in [1.29, 1.82) is 0 Å². The molecule has 0 bridgehead atoms. The van der Waals surface area contributed by atoms with Crippen LogP contribution in [-0.4, -0.2) is 27.9 Å². The van der Waals surface area contributed by atoms with E-state index < -0.39 is 5.91 Å². The van der Waals surface area contributed by atoms with E-state index in [1.165, 1.54) is 19.2 Å². The molecule has 1 aromatic heterocycles. The minimum atomic E-state index is -0.393. The monoisotopic (exact) mass is 261 g/mol. The maximum atomic E-state index is 12.0. The van der Waals surface area contributed by atoms with Crippen molar-refractivity contribution in [2.24, 2.45) is 0 Å². The van der Waals surface area contributed by atoms with Crippen LogP contribution >= 0.6 is 0 Å². The largest absolute Gasteiger partial charge is 0.507 e. The number of aryl methyl sites for hydroxylation is 1. The minimum absolute atomic E-state index is 0.125. The quantitative estimate of drug-likeness (QED) is 0.880. The van der Waals surface area contributed by atoms with Crippen LogP contribution in [0.25, 0.3) is 0 Å². The molecule has 6 nitrogen and oxygen atoms in total. The lowest BCUT2D eigenvalue weighted by Crippen LogP contribution is -2.11. The number of hydrogen-bond acceptors (Lipinski definition) is 4. The van der Waals surface area contributed by atoms with Crippen molar-refractivity contribution in [2.75, 3.05) is 12.4 Å². The fourth-order valence-electron chi connectivity index (χ4n) is 1.63. The Morgan fingerprint density at radius 1 is 1.53 bits per heavy atom. The number of nitrogens with zero attached hydrogens (tertiary/aromatic N) is 2. The molecule has 6 heteroatoms. The fraction of sp³-hybridized carbons (Fsp3) is 0.231. The number of ether oxygens (including phenoxy) is 1. The van der Waals surface area contributed by atoms with Gasteiger partial charge in [0.25, 0.3) is 5.91 Å². The van der Waals surface area contributed by atoms with Crippen LogP contribution in [0.4, 0.5) is 5.69 Å². The van der Waals surface area contributed by atoms with Gasteiger partial charge >= 0.3 is 0 Å². The second-order valence-corrected chi connectivity index (χ2v) is 3.92. The second kappa shape index (κ2) is 5.43. The summed E-state index contributed by atoms with van der Waals surface area (Å²) in [6.07, 6.45) is 3.28. The van der Waals surface area contributed by atoms with E-state index in [9.17, 15) is 9.90 Å². The van der Waals surface area contributed by atoms with E-state index in [4.69, 9.17) is 4.74 Å². The Morgan fingerprint density at radius 3 is 2.89 bits per heavy atom. The maximum absolute atomic E-state index is 12.0. The molecule has 0 radical (unpaired) electrons. The van der Waals surface area contributed by atoms with Gasteiger partial charge in [-0.15, -0.1) is 0 Å². The highest BCUT2D eigenvalue weighted by Crippen LogP contribution is 2.24. The number of aromatic hydroxyl groups is 1. The average molecular weight is 261 g/mol. The predicted octanol–water partition coefficient (Wildman–Crippen LogP) is 1.87. The molecular formula is C13H15N3O3. The molecule has 0 saturated heterocycles. The molecule has 2 rings (SSSR count). The third kappa shape index (κ3) is 2.85. The van der Waals surface area contributed by atoms with Gasteiger partial charge in [0.1, 0.15) is 11.5 Å². The maximum Gasteiger partial charge on any atom is 0.259 e. The van der Waals surface area contributed by atoms with Crippen molar-refractivity contribution in [2.45, 2.75) is 13.5 Å². The normalized spacial score (nSPS) is 10.2. The standard InChI is InChI=1S/C13H15N3O3/c1-3-16-8-9(7-14-16)15-13(18)11-5-4-10(19-2)6-12(11)17/h4-8,17H,3H2,1-2H3,(H,15,18). The minimum Gasteiger partial charge on any atom is -0.507 e. The Kier molecular flexibility index (Phi) is 3.70. The molecule has 19 heavy (non-hydrogen) atoms. The van der Waals surface area contributed by atoms with Crippen LogP contribution in [0, 0.1) is 0 Å². The first-order valence-electron chi connectivity index (χ1n) is 5.85. The molecule has 0 aliphatic rings. The van der Waals surface area contributed by atoms with Gasteiger partial charge < -0.3 is 15.2 Å². The number of nitrogens with one attached hydrogen (secondary N) is 1. The highest BCUT2D eigenvalue weighted by Gasteiger charge is 2.12. The van der Waals surface area contributed by atoms with E-state index >= 15 is 0 Å². The molecule has 0 aliphatic carbocycles. The van der Waals surface area contributed by atoms with Crippen LogP contribution in [0.15, 0.2) is 30.6 Å². The lowest BCUT2D eigenvalue weighted by Gasteiger charge is -2.06. The number of benzene rings is 1. The molecule has 2 N–H and O–H groups in total. The number of aromatic nitrogens is 2. The van der Waals surface area contributed by atoms with Crippen LogP contribution in [0.3, 0.4) is 0 Å². The summed E-state index contributed by atoms with van der Waals surface area (Å²) < 4.78 is 6.66. The molecule has 0 unspecified atom stereocenters. The van der Waals surface area contributed by atoms with Gasteiger partial charge in [0.2, 0.25) is 0 Å². The van der Waals surface area contributed by atoms with Gasteiger partial charge in [0.15, 0.2) is 0 Å². The van der Waals surface area contributed by atoms with Gasteiger partial charge in [0.05, 0.1) is 24.6 Å². The predicted molar refractivity (Wildman–Crippen MR) is 70.5 cm³/mol. The van der Waals surface area contributed by atoms with Gasteiger partial charge in [-0.3, -0.25) is 9.48 Å². The van der Waals surface area contributed by atoms with Crippen molar-refractivity contribution >= 4 is 11.6 Å². The van der Waals surface area contributed by atoms with E-state index in [1.807, 2.05) is 6.92 Å². The molecule has 0 fully saturated rings. The molecule has 0 atom stereocenters. The number of carbonyl (C=O) groups excluding carboxylic acids is 1. The summed E-state index contributed by atoms with van der Waals surface area (Å²) in [6, 6.07) is 4.52. The number of carbonyl (C=O) groups is 1. The first-order valence-corrected chi connectivity index (χ1v) is 5.85. The topological polar surface area (TPSA) is 76.4 Å². The second-order valence-electron chi connectivity index (χ2n) is 3.92. The number of anilines is 1. The van der Waals surface area contributed by atoms with Crippen molar-refractivity contribution in [3.05, 3.63) is 36.2 Å². The third-order valence-corrected chi connectivity index (χ3v) is 2.66. The SMILES string of the molecule is CCn1cc(NC(=O)c2ccc(OC)cc2O)cn1. The number of phenolic OH excluding ortho intramolecular Hbond substituents is 1. The Labute approximate surface area is 110 Å². The van der Waals surface area contributed by atoms with E-state index in [-0.39, 0.29) is 11.3 Å².